The van der Waals surface area contributed by atoms with E-state index < -0.39 is 22.3 Å². The molecule has 2 aromatic carbocycles. The van der Waals surface area contributed by atoms with E-state index in [0.29, 0.717) is 21.5 Å². The molecule has 0 saturated carbocycles. The molecule has 2 N–H and O–H groups in total. The van der Waals surface area contributed by atoms with Gasteiger partial charge in [0, 0.05) is 5.39 Å². The first kappa shape index (κ1) is 18.6. The number of carbonyl (C=O) groups is 2. The Morgan fingerprint density at radius 2 is 1.90 bits per heavy atom. The number of carboxylic acid groups (broad SMARTS) is 1. The summed E-state index contributed by atoms with van der Waals surface area (Å²) in [4.78, 5) is 24.4. The average molecular weight is 395 g/mol. The first-order valence-electron chi connectivity index (χ1n) is 8.85. The van der Waals surface area contributed by atoms with Crippen molar-refractivity contribution in [3.63, 3.8) is 0 Å². The molecule has 1 atom stereocenters. The first-order valence-corrected chi connectivity index (χ1v) is 8.85. The summed E-state index contributed by atoms with van der Waals surface area (Å²) in [6.45, 7) is 5.58. The van der Waals surface area contributed by atoms with Crippen LogP contribution in [0, 0.1) is 0 Å². The third-order valence-corrected chi connectivity index (χ3v) is 4.83. The van der Waals surface area contributed by atoms with Gasteiger partial charge in [-0.05, 0) is 57.2 Å². The van der Waals surface area contributed by atoms with Gasteiger partial charge in [-0.2, -0.15) is 14.6 Å². The predicted molar refractivity (Wildman–Crippen MR) is 103 cm³/mol. The predicted octanol–water partition coefficient (Wildman–Crippen LogP) is 2.37. The van der Waals surface area contributed by atoms with Gasteiger partial charge in [0.25, 0.3) is 0 Å². The standard InChI is InChI=1S/C20H18N4O5/c1-20(2,3)24(11-13-8-14(25)4-6-16(13)22-24)19(28)29-15-5-7-17-12(9-15)10-21-23(17)18(26)27/h4-11H,1-3H3,(H-,25,26,27)/p+1. The molecular formula is C20H19N4O5+. The van der Waals surface area contributed by atoms with Crippen LogP contribution in [0.25, 0.3) is 17.1 Å². The van der Waals surface area contributed by atoms with Gasteiger partial charge in [-0.25, -0.2) is 4.79 Å². The Morgan fingerprint density at radius 3 is 2.59 bits per heavy atom. The maximum atomic E-state index is 13.2. The van der Waals surface area contributed by atoms with Gasteiger partial charge < -0.3 is 14.9 Å². The summed E-state index contributed by atoms with van der Waals surface area (Å²) in [6, 6.07) is 9.29. The van der Waals surface area contributed by atoms with E-state index >= 15 is 0 Å². The first-order chi connectivity index (χ1) is 13.6. The van der Waals surface area contributed by atoms with Crippen LogP contribution in [0.1, 0.15) is 20.8 Å². The van der Waals surface area contributed by atoms with Crippen LogP contribution in [0.3, 0.4) is 0 Å². The molecule has 1 aromatic heterocycles. The van der Waals surface area contributed by atoms with E-state index in [1.165, 1.54) is 24.4 Å². The second-order valence-electron chi connectivity index (χ2n) is 7.76. The van der Waals surface area contributed by atoms with E-state index in [-0.39, 0.29) is 11.5 Å². The summed E-state index contributed by atoms with van der Waals surface area (Å²) in [5.74, 6) is 0.329. The highest BCUT2D eigenvalue weighted by atomic mass is 16.6. The van der Waals surface area contributed by atoms with Crippen molar-refractivity contribution >= 4 is 29.3 Å². The summed E-state index contributed by atoms with van der Waals surface area (Å²) >= 11 is 0. The van der Waals surface area contributed by atoms with Crippen molar-refractivity contribution in [2.75, 3.05) is 0 Å². The van der Waals surface area contributed by atoms with E-state index in [2.05, 4.69) is 10.2 Å². The van der Waals surface area contributed by atoms with Gasteiger partial charge in [-0.15, -0.1) is 0 Å². The fourth-order valence-electron chi connectivity index (χ4n) is 3.24. The van der Waals surface area contributed by atoms with Crippen LogP contribution in [0.5, 0.6) is 11.5 Å². The summed E-state index contributed by atoms with van der Waals surface area (Å²) in [5.41, 5.74) is -0.276. The number of ether oxygens (including phenoxy) is 1. The van der Waals surface area contributed by atoms with Gasteiger partial charge >= 0.3 is 12.2 Å². The molecule has 1 aliphatic rings. The third-order valence-electron chi connectivity index (χ3n) is 4.83. The zero-order valence-corrected chi connectivity index (χ0v) is 16.0. The Balaban J connectivity index is 1.74. The van der Waals surface area contributed by atoms with Crippen LogP contribution >= 0.6 is 0 Å². The normalized spacial score (nSPS) is 18.0. The van der Waals surface area contributed by atoms with Crippen molar-refractivity contribution in [1.29, 1.82) is 0 Å². The van der Waals surface area contributed by atoms with Crippen molar-refractivity contribution < 1.29 is 29.1 Å². The molecule has 9 heteroatoms. The molecule has 0 radical (unpaired) electrons. The molecule has 3 aromatic rings. The minimum absolute atomic E-state index is 0.0818. The van der Waals surface area contributed by atoms with Crippen LogP contribution in [0.15, 0.2) is 47.7 Å². The number of rotatable bonds is 1. The van der Waals surface area contributed by atoms with Gasteiger partial charge in [-0.3, -0.25) is 0 Å². The Hall–Kier alpha value is -3.72. The quantitative estimate of drug-likeness (QED) is 0.612. The van der Waals surface area contributed by atoms with E-state index in [1.807, 2.05) is 20.8 Å². The summed E-state index contributed by atoms with van der Waals surface area (Å²) < 4.78 is 6.03. The number of hydrogen-bond donors (Lipinski definition) is 2. The second-order valence-corrected chi connectivity index (χ2v) is 7.76. The molecule has 148 valence electrons. The molecule has 4 rings (SSSR count). The maximum absolute atomic E-state index is 13.2. The Kier molecular flexibility index (Phi) is 3.95. The molecule has 1 amide bonds. The number of quaternary nitrogens is 1. The average Bonchev–Trinajstić information content (AvgIpc) is 3.22. The van der Waals surface area contributed by atoms with E-state index in [9.17, 15) is 14.7 Å². The number of benzene rings is 2. The molecule has 1 unspecified atom stereocenters. The number of aromatic hydroxyl groups is 1. The summed E-state index contributed by atoms with van der Waals surface area (Å²) in [6.07, 6.45) is 1.21. The number of nitrogens with zero attached hydrogens (tertiary/aromatic N) is 4. The van der Waals surface area contributed by atoms with E-state index in [0.717, 1.165) is 4.68 Å². The lowest BCUT2D eigenvalue weighted by atomic mass is 10.1. The van der Waals surface area contributed by atoms with Crippen molar-refractivity contribution in [3.8, 4) is 11.5 Å². The van der Waals surface area contributed by atoms with Gasteiger partial charge in [-0.1, -0.05) is 9.69 Å². The van der Waals surface area contributed by atoms with Gasteiger partial charge in [0.2, 0.25) is 0 Å². The Labute approximate surface area is 164 Å². The Bertz CT molecular complexity index is 1290. The highest BCUT2D eigenvalue weighted by molar-refractivity contribution is 5.88. The molecule has 29 heavy (non-hydrogen) atoms. The molecule has 0 bridgehead atoms. The number of hydrogen-bond acceptors (Lipinski definition) is 6. The van der Waals surface area contributed by atoms with Crippen molar-refractivity contribution in [1.82, 2.24) is 9.78 Å². The van der Waals surface area contributed by atoms with Crippen LogP contribution < -0.4 is 15.3 Å². The van der Waals surface area contributed by atoms with Gasteiger partial charge in [0.1, 0.15) is 28.6 Å². The fourth-order valence-corrected chi connectivity index (χ4v) is 3.24. The lowest BCUT2D eigenvalue weighted by Crippen LogP contribution is -2.56. The zero-order chi connectivity index (χ0) is 21.0. The number of phenols is 1. The summed E-state index contributed by atoms with van der Waals surface area (Å²) in [7, 11) is 0. The lowest BCUT2D eigenvalue weighted by molar-refractivity contribution is -0.835. The number of fused-ring (bicyclic) bond motifs is 2. The second kappa shape index (κ2) is 6.14. The molecule has 9 nitrogen and oxygen atoms in total. The monoisotopic (exact) mass is 395 g/mol. The molecular weight excluding hydrogens is 376 g/mol. The minimum Gasteiger partial charge on any atom is -0.508 e. The maximum Gasteiger partial charge on any atom is 0.554 e. The summed E-state index contributed by atoms with van der Waals surface area (Å²) in [5, 5.41) is 29.0. The lowest BCUT2D eigenvalue weighted by Gasteiger charge is -2.34. The van der Waals surface area contributed by atoms with Gasteiger partial charge in [0.05, 0.1) is 16.9 Å². The topological polar surface area (TPSA) is 114 Å². The number of carbonyl (C=O) groups excluding carboxylic acids is 1. The molecule has 0 saturated heterocycles. The molecule has 2 heterocycles. The number of phenolic OH excluding ortho intramolecular Hbond substituents is 1. The zero-order valence-electron chi connectivity index (χ0n) is 16.0. The Morgan fingerprint density at radius 1 is 1.14 bits per heavy atom. The molecule has 1 aliphatic heterocycles. The number of aromatic nitrogens is 2. The molecule has 0 aliphatic carbocycles. The van der Waals surface area contributed by atoms with Gasteiger partial charge in [0.15, 0.2) is 0 Å². The van der Waals surface area contributed by atoms with Crippen LogP contribution in [0.2, 0.25) is 0 Å². The van der Waals surface area contributed by atoms with Crippen molar-refractivity contribution in [2.24, 2.45) is 5.10 Å². The van der Waals surface area contributed by atoms with Crippen LogP contribution in [0.4, 0.5) is 9.59 Å². The largest absolute Gasteiger partial charge is 0.554 e. The minimum atomic E-state index is -1.20. The highest BCUT2D eigenvalue weighted by Crippen LogP contribution is 2.31. The highest BCUT2D eigenvalue weighted by Gasteiger charge is 2.51. The fraction of sp³-hybridized carbons (Fsp3) is 0.200. The third kappa shape index (κ3) is 2.92. The van der Waals surface area contributed by atoms with Crippen molar-refractivity contribution in [3.05, 3.63) is 53.2 Å². The molecule has 0 fully saturated rings. The smallest absolute Gasteiger partial charge is 0.508 e. The van der Waals surface area contributed by atoms with Crippen molar-refractivity contribution in [2.45, 2.75) is 26.3 Å². The van der Waals surface area contributed by atoms with Crippen LogP contribution in [-0.4, -0.2) is 42.3 Å². The molecule has 0 spiro atoms. The van der Waals surface area contributed by atoms with E-state index in [4.69, 9.17) is 9.84 Å². The van der Waals surface area contributed by atoms with E-state index in [1.54, 1.807) is 24.4 Å². The SMILES string of the molecule is CC(C)(C)[N+]1(C(=O)Oc2ccc3c(cnn3C(=O)O)c2)C=c2cc(O)ccc2=N1. The number of amides is 1. The van der Waals surface area contributed by atoms with Crippen LogP contribution in [-0.2, 0) is 0 Å².